The molecule has 0 amide bonds. The average molecular weight is 528 g/mol. The number of hydrogen-bond acceptors (Lipinski definition) is 3. The highest BCUT2D eigenvalue weighted by atomic mass is 32.1. The lowest BCUT2D eigenvalue weighted by molar-refractivity contribution is 1.17. The van der Waals surface area contributed by atoms with E-state index in [1.807, 2.05) is 11.3 Å². The Balaban J connectivity index is 1.37. The van der Waals surface area contributed by atoms with Crippen LogP contribution in [0.1, 0.15) is 0 Å². The van der Waals surface area contributed by atoms with Gasteiger partial charge in [-0.2, -0.15) is 0 Å². The number of hydrogen-bond donors (Lipinski definition) is 0. The highest BCUT2D eigenvalue weighted by Gasteiger charge is 2.19. The van der Waals surface area contributed by atoms with Crippen molar-refractivity contribution in [3.05, 3.63) is 128 Å². The second-order valence-corrected chi connectivity index (χ2v) is 11.3. The van der Waals surface area contributed by atoms with Crippen molar-refractivity contribution in [2.75, 3.05) is 0 Å². The molecule has 186 valence electrons. The second-order valence-electron chi connectivity index (χ2n) is 10.2. The molecule has 0 aliphatic carbocycles. The molecule has 6 aromatic carbocycles. The van der Waals surface area contributed by atoms with Gasteiger partial charge in [0.15, 0.2) is 0 Å². The Labute approximate surface area is 233 Å². The van der Waals surface area contributed by atoms with Crippen LogP contribution in [0, 0.1) is 0 Å². The topological polar surface area (TPSA) is 30.7 Å². The van der Waals surface area contributed by atoms with Gasteiger partial charge < -0.3 is 4.57 Å². The van der Waals surface area contributed by atoms with E-state index in [9.17, 15) is 0 Å². The largest absolute Gasteiger partial charge is 0.307 e. The van der Waals surface area contributed by atoms with Crippen LogP contribution in [-0.2, 0) is 0 Å². The molecule has 0 radical (unpaired) electrons. The van der Waals surface area contributed by atoms with Crippen LogP contribution in [-0.4, -0.2) is 14.5 Å². The van der Waals surface area contributed by atoms with Crippen molar-refractivity contribution in [3.63, 3.8) is 0 Å². The van der Waals surface area contributed by atoms with Gasteiger partial charge in [0.2, 0.25) is 0 Å². The zero-order chi connectivity index (χ0) is 26.2. The molecule has 0 saturated carbocycles. The monoisotopic (exact) mass is 527 g/mol. The van der Waals surface area contributed by atoms with E-state index in [-0.39, 0.29) is 0 Å². The van der Waals surface area contributed by atoms with Crippen LogP contribution in [0.4, 0.5) is 0 Å². The van der Waals surface area contributed by atoms with Crippen LogP contribution in [0.25, 0.3) is 80.6 Å². The Bertz CT molecular complexity index is 2450. The number of nitrogens with zero attached hydrogens (tertiary/aromatic N) is 3. The molecule has 0 N–H and O–H groups in total. The Hall–Kier alpha value is -5.06. The van der Waals surface area contributed by atoms with Crippen molar-refractivity contribution in [2.45, 2.75) is 0 Å². The maximum atomic E-state index is 4.94. The van der Waals surface area contributed by atoms with E-state index in [2.05, 4.69) is 120 Å². The molecule has 3 nitrogen and oxygen atoms in total. The highest BCUT2D eigenvalue weighted by Crippen LogP contribution is 2.43. The van der Waals surface area contributed by atoms with E-state index < -0.39 is 0 Å². The molecule has 0 bridgehead atoms. The summed E-state index contributed by atoms with van der Waals surface area (Å²) in [5.41, 5.74) is 7.49. The third-order valence-electron chi connectivity index (χ3n) is 8.08. The van der Waals surface area contributed by atoms with E-state index in [1.165, 1.54) is 58.3 Å². The van der Waals surface area contributed by atoms with Gasteiger partial charge in [0.05, 0.1) is 22.2 Å². The van der Waals surface area contributed by atoms with E-state index in [0.717, 1.165) is 22.3 Å². The quantitative estimate of drug-likeness (QED) is 0.224. The molecular weight excluding hydrogens is 506 g/mol. The first kappa shape index (κ1) is 21.8. The molecule has 0 aliphatic heterocycles. The molecule has 0 fully saturated rings. The zero-order valence-corrected chi connectivity index (χ0v) is 22.2. The summed E-state index contributed by atoms with van der Waals surface area (Å²) in [7, 11) is 0. The summed E-state index contributed by atoms with van der Waals surface area (Å²) in [6, 6.07) is 41.5. The molecule has 4 heteroatoms. The summed E-state index contributed by atoms with van der Waals surface area (Å²) in [5, 5.41) is 7.53. The predicted molar refractivity (Wildman–Crippen MR) is 170 cm³/mol. The standard InChI is InChI=1S/C36H21N3S/c1-2-9-23-21-32-29(20-22(23)8-1)24-10-3-5-14-30(24)39(32)31-17-16-26(34-35(31)38-19-18-37-34)28-13-7-12-27-25-11-4-6-15-33(25)40-36(27)28/h1-21H. The fourth-order valence-corrected chi connectivity index (χ4v) is 7.54. The Morgan fingerprint density at radius 3 is 2.12 bits per heavy atom. The van der Waals surface area contributed by atoms with Gasteiger partial charge in [-0.3, -0.25) is 9.97 Å². The van der Waals surface area contributed by atoms with E-state index in [1.54, 1.807) is 12.4 Å². The van der Waals surface area contributed by atoms with E-state index >= 15 is 0 Å². The molecular formula is C36H21N3S. The van der Waals surface area contributed by atoms with Crippen LogP contribution < -0.4 is 0 Å². The van der Waals surface area contributed by atoms with E-state index in [0.29, 0.717) is 0 Å². The lowest BCUT2D eigenvalue weighted by Gasteiger charge is -2.14. The number of rotatable bonds is 2. The normalized spacial score (nSPS) is 12.0. The molecule has 40 heavy (non-hydrogen) atoms. The SMILES string of the molecule is c1ccc2cc3c(cc2c1)c1ccccc1n3-c1ccc(-c2cccc3c2sc2ccccc23)c2nccnc12. The molecule has 0 spiro atoms. The average Bonchev–Trinajstić information content (AvgIpc) is 3.55. The number of fused-ring (bicyclic) bond motifs is 8. The molecule has 3 heterocycles. The van der Waals surface area contributed by atoms with Gasteiger partial charge in [-0.05, 0) is 47.2 Å². The number of thiophene rings is 1. The summed E-state index contributed by atoms with van der Waals surface area (Å²) in [6.07, 6.45) is 3.61. The van der Waals surface area contributed by atoms with Crippen molar-refractivity contribution in [1.82, 2.24) is 14.5 Å². The number of para-hydroxylation sites is 1. The molecule has 3 aromatic heterocycles. The fraction of sp³-hybridized carbons (Fsp3) is 0. The maximum absolute atomic E-state index is 4.94. The predicted octanol–water partition coefficient (Wildman–Crippen LogP) is 9.91. The first-order valence-corrected chi connectivity index (χ1v) is 14.2. The van der Waals surface area contributed by atoms with Gasteiger partial charge in [-0.1, -0.05) is 78.9 Å². The molecule has 0 aliphatic rings. The minimum absolute atomic E-state index is 0.897. The van der Waals surface area contributed by atoms with Crippen molar-refractivity contribution in [1.29, 1.82) is 0 Å². The van der Waals surface area contributed by atoms with Gasteiger partial charge >= 0.3 is 0 Å². The third kappa shape index (κ3) is 2.99. The van der Waals surface area contributed by atoms with Crippen molar-refractivity contribution >= 4 is 75.1 Å². The smallest absolute Gasteiger partial charge is 0.113 e. The van der Waals surface area contributed by atoms with Gasteiger partial charge in [-0.25, -0.2) is 0 Å². The molecule has 0 atom stereocenters. The first-order chi connectivity index (χ1) is 19.8. The number of benzene rings is 6. The van der Waals surface area contributed by atoms with Crippen LogP contribution in [0.5, 0.6) is 0 Å². The minimum Gasteiger partial charge on any atom is -0.307 e. The van der Waals surface area contributed by atoms with Crippen LogP contribution in [0.2, 0.25) is 0 Å². The van der Waals surface area contributed by atoms with Crippen molar-refractivity contribution in [3.8, 4) is 16.8 Å². The molecule has 0 unspecified atom stereocenters. The second kappa shape index (κ2) is 8.22. The lowest BCUT2D eigenvalue weighted by atomic mass is 10.0. The summed E-state index contributed by atoms with van der Waals surface area (Å²) in [5.74, 6) is 0. The van der Waals surface area contributed by atoms with Crippen LogP contribution >= 0.6 is 11.3 Å². The third-order valence-corrected chi connectivity index (χ3v) is 9.30. The summed E-state index contributed by atoms with van der Waals surface area (Å²) >= 11 is 1.85. The van der Waals surface area contributed by atoms with E-state index in [4.69, 9.17) is 9.97 Å². The Morgan fingerprint density at radius 2 is 1.23 bits per heavy atom. The molecule has 9 rings (SSSR count). The van der Waals surface area contributed by atoms with Gasteiger partial charge in [-0.15, -0.1) is 11.3 Å². The lowest BCUT2D eigenvalue weighted by Crippen LogP contribution is -1.99. The molecule has 0 saturated heterocycles. The van der Waals surface area contributed by atoms with Crippen molar-refractivity contribution in [2.24, 2.45) is 0 Å². The van der Waals surface area contributed by atoms with Gasteiger partial charge in [0.1, 0.15) is 5.52 Å². The van der Waals surface area contributed by atoms with Crippen LogP contribution in [0.3, 0.4) is 0 Å². The summed E-state index contributed by atoms with van der Waals surface area (Å²) in [4.78, 5) is 9.87. The maximum Gasteiger partial charge on any atom is 0.113 e. The van der Waals surface area contributed by atoms with Gasteiger partial charge in [0.25, 0.3) is 0 Å². The number of aromatic nitrogens is 3. The fourth-order valence-electron chi connectivity index (χ4n) is 6.31. The zero-order valence-electron chi connectivity index (χ0n) is 21.4. The minimum atomic E-state index is 0.897. The molecule has 9 aromatic rings. The summed E-state index contributed by atoms with van der Waals surface area (Å²) in [6.45, 7) is 0. The van der Waals surface area contributed by atoms with Crippen molar-refractivity contribution < 1.29 is 0 Å². The first-order valence-electron chi connectivity index (χ1n) is 13.4. The highest BCUT2D eigenvalue weighted by molar-refractivity contribution is 7.26. The summed E-state index contributed by atoms with van der Waals surface area (Å²) < 4.78 is 4.94. The van der Waals surface area contributed by atoms with Crippen LogP contribution in [0.15, 0.2) is 128 Å². The Kier molecular flexibility index (Phi) is 4.48. The Morgan fingerprint density at radius 1 is 0.500 bits per heavy atom. The van der Waals surface area contributed by atoms with Gasteiger partial charge in [0, 0.05) is 54.5 Å².